The summed E-state index contributed by atoms with van der Waals surface area (Å²) >= 11 is 0. The van der Waals surface area contributed by atoms with E-state index in [1.54, 1.807) is 0 Å². The first-order chi connectivity index (χ1) is 7.76. The Hall–Kier alpha value is -0.860. The molecule has 2 nitrogen and oxygen atoms in total. The van der Waals surface area contributed by atoms with Crippen LogP contribution in [-0.2, 0) is 12.8 Å². The molecule has 0 spiro atoms. The van der Waals surface area contributed by atoms with Crippen molar-refractivity contribution < 1.29 is 0 Å². The van der Waals surface area contributed by atoms with Crippen LogP contribution in [0.5, 0.6) is 0 Å². The maximum absolute atomic E-state index is 5.68. The van der Waals surface area contributed by atoms with Crippen molar-refractivity contribution in [3.63, 3.8) is 0 Å². The van der Waals surface area contributed by atoms with Gasteiger partial charge in [-0.25, -0.2) is 0 Å². The second-order valence-corrected chi connectivity index (χ2v) is 4.91. The van der Waals surface area contributed by atoms with Gasteiger partial charge < -0.3 is 0 Å². The minimum absolute atomic E-state index is 0.288. The lowest BCUT2D eigenvalue weighted by Crippen LogP contribution is -2.32. The summed E-state index contributed by atoms with van der Waals surface area (Å²) in [5.41, 5.74) is 7.37. The van der Waals surface area contributed by atoms with Gasteiger partial charge in [0.25, 0.3) is 0 Å². The maximum Gasteiger partial charge on any atom is 0.0485 e. The van der Waals surface area contributed by atoms with Crippen molar-refractivity contribution in [2.75, 3.05) is 0 Å². The van der Waals surface area contributed by atoms with E-state index in [1.165, 1.54) is 36.0 Å². The Labute approximate surface area is 98.2 Å². The molecule has 0 heterocycles. The van der Waals surface area contributed by atoms with E-state index in [-0.39, 0.29) is 6.04 Å². The fourth-order valence-electron chi connectivity index (χ4n) is 2.61. The largest absolute Gasteiger partial charge is 0.271 e. The van der Waals surface area contributed by atoms with Crippen molar-refractivity contribution in [2.45, 2.75) is 45.6 Å². The Balaban J connectivity index is 2.25. The molecule has 0 bridgehead atoms. The molecule has 0 aromatic heterocycles. The van der Waals surface area contributed by atoms with Gasteiger partial charge in [-0.05, 0) is 41.9 Å². The first-order valence-corrected chi connectivity index (χ1v) is 6.34. The van der Waals surface area contributed by atoms with Crippen LogP contribution in [0.3, 0.4) is 0 Å². The van der Waals surface area contributed by atoms with E-state index < -0.39 is 0 Å². The molecule has 3 N–H and O–H groups in total. The van der Waals surface area contributed by atoms with E-state index in [0.29, 0.717) is 5.92 Å². The molecule has 88 valence electrons. The van der Waals surface area contributed by atoms with E-state index in [9.17, 15) is 0 Å². The summed E-state index contributed by atoms with van der Waals surface area (Å²) in [4.78, 5) is 0. The van der Waals surface area contributed by atoms with Crippen molar-refractivity contribution in [3.8, 4) is 0 Å². The lowest BCUT2D eigenvalue weighted by molar-refractivity contribution is 0.383. The topological polar surface area (TPSA) is 38.0 Å². The Morgan fingerprint density at radius 1 is 1.31 bits per heavy atom. The van der Waals surface area contributed by atoms with Gasteiger partial charge in [0.05, 0.1) is 0 Å². The molecule has 0 fully saturated rings. The van der Waals surface area contributed by atoms with Gasteiger partial charge in [0.1, 0.15) is 0 Å². The Morgan fingerprint density at radius 2 is 2.06 bits per heavy atom. The molecule has 16 heavy (non-hydrogen) atoms. The second kappa shape index (κ2) is 4.98. The number of rotatable bonds is 4. The SMILES string of the molecule is CCC(C)C(NN)c1ccc2c(c1)CCC2. The molecule has 2 unspecified atom stereocenters. The number of hydrogen-bond acceptors (Lipinski definition) is 2. The lowest BCUT2D eigenvalue weighted by Gasteiger charge is -2.23. The zero-order valence-corrected chi connectivity index (χ0v) is 10.3. The van der Waals surface area contributed by atoms with Gasteiger partial charge in [-0.3, -0.25) is 11.3 Å². The maximum atomic E-state index is 5.68. The molecule has 2 heteroatoms. The van der Waals surface area contributed by atoms with E-state index in [0.717, 1.165) is 6.42 Å². The van der Waals surface area contributed by atoms with Crippen LogP contribution in [0.4, 0.5) is 0 Å². The normalized spacial score (nSPS) is 18.2. The molecule has 0 saturated carbocycles. The van der Waals surface area contributed by atoms with Crippen LogP contribution < -0.4 is 11.3 Å². The van der Waals surface area contributed by atoms with Crippen LogP contribution in [0, 0.1) is 5.92 Å². The van der Waals surface area contributed by atoms with Crippen molar-refractivity contribution in [3.05, 3.63) is 34.9 Å². The highest BCUT2D eigenvalue weighted by atomic mass is 15.2. The number of benzene rings is 1. The number of hydrogen-bond donors (Lipinski definition) is 2. The van der Waals surface area contributed by atoms with Crippen LogP contribution in [-0.4, -0.2) is 0 Å². The van der Waals surface area contributed by atoms with Crippen LogP contribution in [0.25, 0.3) is 0 Å². The van der Waals surface area contributed by atoms with Gasteiger partial charge in [-0.1, -0.05) is 38.5 Å². The quantitative estimate of drug-likeness (QED) is 0.602. The Bertz CT molecular complexity index is 360. The number of fused-ring (bicyclic) bond motifs is 1. The van der Waals surface area contributed by atoms with Crippen LogP contribution in [0.2, 0.25) is 0 Å². The molecule has 1 aromatic rings. The smallest absolute Gasteiger partial charge is 0.0485 e. The van der Waals surface area contributed by atoms with Crippen LogP contribution in [0.1, 0.15) is 49.4 Å². The van der Waals surface area contributed by atoms with Crippen molar-refractivity contribution in [2.24, 2.45) is 11.8 Å². The molecule has 1 aromatic carbocycles. The summed E-state index contributed by atoms with van der Waals surface area (Å²) in [7, 11) is 0. The summed E-state index contributed by atoms with van der Waals surface area (Å²) in [5, 5.41) is 0. The van der Waals surface area contributed by atoms with E-state index >= 15 is 0 Å². The summed E-state index contributed by atoms with van der Waals surface area (Å²) in [6, 6.07) is 7.15. The first kappa shape index (κ1) is 11.6. The van der Waals surface area contributed by atoms with Gasteiger partial charge in [-0.2, -0.15) is 0 Å². The molecule has 0 amide bonds. The van der Waals surface area contributed by atoms with Crippen molar-refractivity contribution in [1.82, 2.24) is 5.43 Å². The third-order valence-electron chi connectivity index (χ3n) is 3.87. The van der Waals surface area contributed by atoms with E-state index in [4.69, 9.17) is 5.84 Å². The van der Waals surface area contributed by atoms with Crippen molar-refractivity contribution in [1.29, 1.82) is 0 Å². The Morgan fingerprint density at radius 3 is 2.75 bits per heavy atom. The fraction of sp³-hybridized carbons (Fsp3) is 0.571. The van der Waals surface area contributed by atoms with Gasteiger partial charge in [0.15, 0.2) is 0 Å². The molecular weight excluding hydrogens is 196 g/mol. The first-order valence-electron chi connectivity index (χ1n) is 6.34. The summed E-state index contributed by atoms with van der Waals surface area (Å²) < 4.78 is 0. The average Bonchev–Trinajstić information content (AvgIpc) is 2.77. The Kier molecular flexibility index (Phi) is 3.62. The summed E-state index contributed by atoms with van der Waals surface area (Å²) in [5.74, 6) is 6.25. The standard InChI is InChI=1S/C14H22N2/c1-3-10(2)14(16-15)13-8-7-11-5-4-6-12(11)9-13/h7-10,14,16H,3-6,15H2,1-2H3. The lowest BCUT2D eigenvalue weighted by atomic mass is 9.91. The summed E-state index contributed by atoms with van der Waals surface area (Å²) in [6.07, 6.45) is 4.94. The third kappa shape index (κ3) is 2.13. The zero-order valence-electron chi connectivity index (χ0n) is 10.3. The van der Waals surface area contributed by atoms with E-state index in [1.807, 2.05) is 0 Å². The molecule has 0 saturated heterocycles. The minimum atomic E-state index is 0.288. The number of nitrogens with two attached hydrogens (primary N) is 1. The van der Waals surface area contributed by atoms with Gasteiger partial charge in [-0.15, -0.1) is 0 Å². The number of nitrogens with one attached hydrogen (secondary N) is 1. The number of aryl methyl sites for hydroxylation is 2. The van der Waals surface area contributed by atoms with Crippen LogP contribution in [0.15, 0.2) is 18.2 Å². The highest BCUT2D eigenvalue weighted by molar-refractivity contribution is 5.36. The van der Waals surface area contributed by atoms with E-state index in [2.05, 4.69) is 37.5 Å². The van der Waals surface area contributed by atoms with Gasteiger partial charge >= 0.3 is 0 Å². The molecule has 0 radical (unpaired) electrons. The monoisotopic (exact) mass is 218 g/mol. The molecular formula is C14H22N2. The molecule has 2 rings (SSSR count). The predicted molar refractivity (Wildman–Crippen MR) is 68.0 cm³/mol. The van der Waals surface area contributed by atoms with Gasteiger partial charge in [0, 0.05) is 6.04 Å². The highest BCUT2D eigenvalue weighted by Gasteiger charge is 2.18. The zero-order chi connectivity index (χ0) is 11.5. The summed E-state index contributed by atoms with van der Waals surface area (Å²) in [6.45, 7) is 4.46. The third-order valence-corrected chi connectivity index (χ3v) is 3.87. The molecule has 2 atom stereocenters. The van der Waals surface area contributed by atoms with Crippen molar-refractivity contribution >= 4 is 0 Å². The highest BCUT2D eigenvalue weighted by Crippen LogP contribution is 2.29. The minimum Gasteiger partial charge on any atom is -0.271 e. The molecule has 1 aliphatic rings. The second-order valence-electron chi connectivity index (χ2n) is 4.91. The predicted octanol–water partition coefficient (Wildman–Crippen LogP) is 2.73. The molecule has 0 aliphatic heterocycles. The fourth-order valence-corrected chi connectivity index (χ4v) is 2.61. The molecule has 1 aliphatic carbocycles. The van der Waals surface area contributed by atoms with Gasteiger partial charge in [0.2, 0.25) is 0 Å². The van der Waals surface area contributed by atoms with Crippen LogP contribution >= 0.6 is 0 Å². The number of hydrazine groups is 1. The average molecular weight is 218 g/mol.